The zero-order valence-corrected chi connectivity index (χ0v) is 19.9. The first-order valence-corrected chi connectivity index (χ1v) is 12.7. The Morgan fingerprint density at radius 2 is 1.75 bits per heavy atom. The summed E-state index contributed by atoms with van der Waals surface area (Å²) in [6, 6.07) is 10.9. The molecule has 1 unspecified atom stereocenters. The molecule has 1 fully saturated rings. The molecule has 2 rings (SSSR count). The minimum atomic E-state index is -0.736. The van der Waals surface area contributed by atoms with Crippen LogP contribution in [0.3, 0.4) is 0 Å². The molecule has 32 heavy (non-hydrogen) atoms. The minimum Gasteiger partial charge on any atom is -0.481 e. The van der Waals surface area contributed by atoms with Crippen LogP contribution in [-0.2, 0) is 16.0 Å². The van der Waals surface area contributed by atoms with E-state index in [-0.39, 0.29) is 24.5 Å². The highest BCUT2D eigenvalue weighted by Gasteiger charge is 2.30. The number of aryl methyl sites for hydroxylation is 1. The fraction of sp³-hybridized carbons (Fsp3) is 0.704. The number of unbranched alkanes of at least 4 members (excludes halogenated alkanes) is 5. The highest BCUT2D eigenvalue weighted by molar-refractivity contribution is 5.78. The summed E-state index contributed by atoms with van der Waals surface area (Å²) in [5.41, 5.74) is 1.40. The second-order valence-electron chi connectivity index (χ2n) is 9.54. The number of hydrogen-bond acceptors (Lipinski definition) is 3. The smallest absolute Gasteiger partial charge is 0.303 e. The molecule has 2 N–H and O–H groups in total. The number of benzene rings is 1. The van der Waals surface area contributed by atoms with Gasteiger partial charge < -0.3 is 15.1 Å². The largest absolute Gasteiger partial charge is 0.481 e. The van der Waals surface area contributed by atoms with E-state index in [4.69, 9.17) is 5.11 Å². The van der Waals surface area contributed by atoms with E-state index in [1.54, 1.807) is 0 Å². The van der Waals surface area contributed by atoms with Crippen molar-refractivity contribution in [2.75, 3.05) is 6.54 Å². The molecule has 0 saturated carbocycles. The molecule has 0 aliphatic carbocycles. The van der Waals surface area contributed by atoms with Gasteiger partial charge in [0.1, 0.15) is 0 Å². The van der Waals surface area contributed by atoms with Crippen molar-refractivity contribution in [2.24, 2.45) is 5.92 Å². The van der Waals surface area contributed by atoms with Crippen LogP contribution in [-0.4, -0.2) is 45.7 Å². The summed E-state index contributed by atoms with van der Waals surface area (Å²) >= 11 is 0. The molecule has 0 spiro atoms. The first-order valence-electron chi connectivity index (χ1n) is 12.7. The Morgan fingerprint density at radius 1 is 1.03 bits per heavy atom. The molecule has 5 heteroatoms. The number of carbonyl (C=O) groups excluding carboxylic acids is 1. The van der Waals surface area contributed by atoms with Gasteiger partial charge in [0, 0.05) is 25.4 Å². The van der Waals surface area contributed by atoms with Gasteiger partial charge in [-0.2, -0.15) is 0 Å². The molecule has 1 aliphatic heterocycles. The fourth-order valence-corrected chi connectivity index (χ4v) is 4.77. The van der Waals surface area contributed by atoms with Crippen LogP contribution >= 0.6 is 0 Å². The van der Waals surface area contributed by atoms with Crippen LogP contribution in [0.25, 0.3) is 0 Å². The average molecular weight is 446 g/mol. The van der Waals surface area contributed by atoms with E-state index in [0.29, 0.717) is 18.8 Å². The van der Waals surface area contributed by atoms with E-state index < -0.39 is 5.97 Å². The molecular formula is C27H43NO4. The van der Waals surface area contributed by atoms with Gasteiger partial charge in [0.25, 0.3) is 0 Å². The summed E-state index contributed by atoms with van der Waals surface area (Å²) in [4.78, 5) is 24.8. The van der Waals surface area contributed by atoms with Crippen molar-refractivity contribution in [3.05, 3.63) is 35.9 Å². The van der Waals surface area contributed by atoms with Crippen LogP contribution in [0.2, 0.25) is 0 Å². The summed E-state index contributed by atoms with van der Waals surface area (Å²) in [7, 11) is 0. The Balaban J connectivity index is 1.57. The molecule has 1 aliphatic rings. The normalized spacial score (nSPS) is 18.1. The third kappa shape index (κ3) is 10.2. The lowest BCUT2D eigenvalue weighted by Crippen LogP contribution is -2.35. The second kappa shape index (κ2) is 15.0. The molecule has 5 nitrogen and oxygen atoms in total. The second-order valence-corrected chi connectivity index (χ2v) is 9.54. The van der Waals surface area contributed by atoms with E-state index in [0.717, 1.165) is 64.3 Å². The number of aliphatic hydroxyl groups is 1. The molecule has 1 aromatic rings. The van der Waals surface area contributed by atoms with Crippen LogP contribution in [0.15, 0.2) is 30.3 Å². The van der Waals surface area contributed by atoms with Gasteiger partial charge in [-0.3, -0.25) is 9.59 Å². The van der Waals surface area contributed by atoms with Crippen LogP contribution in [0.1, 0.15) is 96.0 Å². The van der Waals surface area contributed by atoms with Crippen molar-refractivity contribution in [2.45, 2.75) is 109 Å². The van der Waals surface area contributed by atoms with Crippen molar-refractivity contribution in [3.8, 4) is 0 Å². The standard InChI is InChI=1S/C27H43NO4/c1-22(12-6-4-7-13-23-14-8-5-9-15-23)25(29)19-17-24-18-20-26(30)28(24)21-11-3-2-10-16-27(31)32/h5,8-9,14-15,22,24-25,29H,2-4,6-7,10-13,16-21H2,1H3,(H,31,32)/t22-,24?,25+/m0/s1. The van der Waals surface area contributed by atoms with Crippen molar-refractivity contribution in [1.29, 1.82) is 0 Å². The van der Waals surface area contributed by atoms with Gasteiger partial charge in [0.2, 0.25) is 5.91 Å². The third-order valence-corrected chi connectivity index (χ3v) is 6.91. The van der Waals surface area contributed by atoms with E-state index in [1.807, 2.05) is 4.90 Å². The van der Waals surface area contributed by atoms with Gasteiger partial charge >= 0.3 is 5.97 Å². The molecular weight excluding hydrogens is 402 g/mol. The Morgan fingerprint density at radius 3 is 2.50 bits per heavy atom. The first-order chi connectivity index (χ1) is 15.5. The van der Waals surface area contributed by atoms with Crippen LogP contribution in [0, 0.1) is 5.92 Å². The summed E-state index contributed by atoms with van der Waals surface area (Å²) in [5.74, 6) is -0.201. The van der Waals surface area contributed by atoms with Crippen LogP contribution in [0.5, 0.6) is 0 Å². The third-order valence-electron chi connectivity index (χ3n) is 6.91. The number of nitrogens with zero attached hydrogens (tertiary/aromatic N) is 1. The van der Waals surface area contributed by atoms with E-state index >= 15 is 0 Å². The molecule has 0 aromatic heterocycles. The zero-order valence-electron chi connectivity index (χ0n) is 19.9. The maximum Gasteiger partial charge on any atom is 0.303 e. The quantitative estimate of drug-likeness (QED) is 0.306. The molecule has 3 atom stereocenters. The average Bonchev–Trinajstić information content (AvgIpc) is 3.13. The van der Waals surface area contributed by atoms with E-state index in [2.05, 4.69) is 37.3 Å². The predicted octanol–water partition coefficient (Wildman–Crippen LogP) is 5.59. The Hall–Kier alpha value is -1.88. The van der Waals surface area contributed by atoms with Crippen LogP contribution < -0.4 is 0 Å². The topological polar surface area (TPSA) is 77.8 Å². The van der Waals surface area contributed by atoms with E-state index in [9.17, 15) is 14.7 Å². The highest BCUT2D eigenvalue weighted by Crippen LogP contribution is 2.26. The number of aliphatic hydroxyl groups excluding tert-OH is 1. The van der Waals surface area contributed by atoms with Gasteiger partial charge in [-0.05, 0) is 62.8 Å². The number of likely N-dealkylation sites (tertiary alicyclic amines) is 1. The summed E-state index contributed by atoms with van der Waals surface area (Å²) in [6.45, 7) is 2.92. The van der Waals surface area contributed by atoms with Crippen molar-refractivity contribution in [3.63, 3.8) is 0 Å². The van der Waals surface area contributed by atoms with E-state index in [1.165, 1.54) is 18.4 Å². The lowest BCUT2D eigenvalue weighted by Gasteiger charge is -2.27. The molecule has 180 valence electrons. The van der Waals surface area contributed by atoms with Gasteiger partial charge in [-0.25, -0.2) is 0 Å². The molecule has 1 heterocycles. The number of carbonyl (C=O) groups is 2. The Kier molecular flexibility index (Phi) is 12.4. The zero-order chi connectivity index (χ0) is 23.2. The summed E-state index contributed by atoms with van der Waals surface area (Å²) in [5, 5.41) is 19.3. The number of carboxylic acid groups (broad SMARTS) is 1. The van der Waals surface area contributed by atoms with Crippen molar-refractivity contribution < 1.29 is 19.8 Å². The Labute approximate surface area is 194 Å². The molecule has 1 amide bonds. The molecule has 0 bridgehead atoms. The highest BCUT2D eigenvalue weighted by atomic mass is 16.4. The van der Waals surface area contributed by atoms with Crippen LogP contribution in [0.4, 0.5) is 0 Å². The molecule has 0 radical (unpaired) electrons. The predicted molar refractivity (Wildman–Crippen MR) is 128 cm³/mol. The maximum absolute atomic E-state index is 12.3. The number of carboxylic acids is 1. The Bertz CT molecular complexity index is 663. The van der Waals surface area contributed by atoms with Gasteiger partial charge in [-0.1, -0.05) is 62.9 Å². The summed E-state index contributed by atoms with van der Waals surface area (Å²) < 4.78 is 0. The number of aliphatic carboxylic acids is 1. The van der Waals surface area contributed by atoms with Crippen molar-refractivity contribution >= 4 is 11.9 Å². The number of hydrogen-bond donors (Lipinski definition) is 2. The first kappa shape index (κ1) is 26.4. The van der Waals surface area contributed by atoms with Gasteiger partial charge in [0.05, 0.1) is 6.10 Å². The monoisotopic (exact) mass is 445 g/mol. The maximum atomic E-state index is 12.3. The SMILES string of the molecule is C[C@@H](CCCCCc1ccccc1)[C@H](O)CCC1CCC(=O)N1CCCCCCC(=O)O. The number of amides is 1. The lowest BCUT2D eigenvalue weighted by molar-refractivity contribution is -0.137. The van der Waals surface area contributed by atoms with Gasteiger partial charge in [-0.15, -0.1) is 0 Å². The number of rotatable bonds is 17. The lowest BCUT2D eigenvalue weighted by atomic mass is 9.92. The molecule has 1 saturated heterocycles. The summed E-state index contributed by atoms with van der Waals surface area (Å²) in [6.07, 6.45) is 12.3. The fourth-order valence-electron chi connectivity index (χ4n) is 4.77. The minimum absolute atomic E-state index is 0.231. The molecule has 1 aromatic carbocycles. The van der Waals surface area contributed by atoms with Gasteiger partial charge in [0.15, 0.2) is 0 Å². The van der Waals surface area contributed by atoms with Crippen molar-refractivity contribution in [1.82, 2.24) is 4.90 Å².